The van der Waals surface area contributed by atoms with Crippen molar-refractivity contribution in [3.8, 4) is 0 Å². The zero-order valence-electron chi connectivity index (χ0n) is 12.4. The van der Waals surface area contributed by atoms with Crippen molar-refractivity contribution in [3.05, 3.63) is 0 Å². The van der Waals surface area contributed by atoms with Gasteiger partial charge in [0, 0.05) is 26.7 Å². The second-order valence-corrected chi connectivity index (χ2v) is 5.67. The zero-order chi connectivity index (χ0) is 13.8. The van der Waals surface area contributed by atoms with Gasteiger partial charge in [0.05, 0.1) is 5.54 Å². The summed E-state index contributed by atoms with van der Waals surface area (Å²) in [6.45, 7) is 8.75. The first-order chi connectivity index (χ1) is 8.50. The molecule has 18 heavy (non-hydrogen) atoms. The third kappa shape index (κ3) is 2.97. The molecule has 1 fully saturated rings. The Hall–Kier alpha value is -0.770. The van der Waals surface area contributed by atoms with Gasteiger partial charge in [-0.1, -0.05) is 20.8 Å². The summed E-state index contributed by atoms with van der Waals surface area (Å²) in [5.41, 5.74) is 5.73. The number of hydrogen-bond acceptors (Lipinski definition) is 2. The molecule has 1 saturated heterocycles. The second-order valence-electron chi connectivity index (χ2n) is 5.67. The molecule has 1 aliphatic rings. The van der Waals surface area contributed by atoms with E-state index in [-0.39, 0.29) is 11.6 Å². The number of carbonyl (C=O) groups is 1. The van der Waals surface area contributed by atoms with Gasteiger partial charge in [-0.05, 0) is 31.6 Å². The average Bonchev–Trinajstić information content (AvgIpc) is 2.40. The number of nitrogens with two attached hydrogens (primary N) is 1. The summed E-state index contributed by atoms with van der Waals surface area (Å²) in [5, 5.41) is 0. The maximum Gasteiger partial charge on any atom is 0.320 e. The number of likely N-dealkylation sites (tertiary alicyclic amines) is 1. The molecule has 0 aromatic carbocycles. The van der Waals surface area contributed by atoms with Crippen molar-refractivity contribution < 1.29 is 4.79 Å². The van der Waals surface area contributed by atoms with Crippen LogP contribution in [-0.4, -0.2) is 48.1 Å². The van der Waals surface area contributed by atoms with Gasteiger partial charge in [-0.25, -0.2) is 4.79 Å². The minimum Gasteiger partial charge on any atom is -0.328 e. The highest BCUT2D eigenvalue weighted by Crippen LogP contribution is 2.24. The molecule has 1 rings (SSSR count). The minimum absolute atomic E-state index is 0.149. The van der Waals surface area contributed by atoms with Crippen LogP contribution < -0.4 is 5.73 Å². The van der Waals surface area contributed by atoms with Gasteiger partial charge in [0.25, 0.3) is 0 Å². The Labute approximate surface area is 111 Å². The molecule has 106 valence electrons. The van der Waals surface area contributed by atoms with E-state index in [0.29, 0.717) is 12.5 Å². The summed E-state index contributed by atoms with van der Waals surface area (Å²) in [6, 6.07) is 0.149. The monoisotopic (exact) mass is 255 g/mol. The highest BCUT2D eigenvalue weighted by Gasteiger charge is 2.35. The first kappa shape index (κ1) is 15.3. The Bertz CT molecular complexity index is 268. The molecular weight excluding hydrogens is 226 g/mol. The Morgan fingerprint density at radius 3 is 2.50 bits per heavy atom. The Balaban J connectivity index is 2.75. The SMILES string of the molecule is CCC(CC)(CN)N(C)C(=O)N1CCCC(C)C1. The number of amides is 2. The van der Waals surface area contributed by atoms with Gasteiger partial charge < -0.3 is 15.5 Å². The normalized spacial score (nSPS) is 20.9. The van der Waals surface area contributed by atoms with Crippen LogP contribution in [0.3, 0.4) is 0 Å². The van der Waals surface area contributed by atoms with Crippen LogP contribution in [0.4, 0.5) is 4.79 Å². The molecule has 0 bridgehead atoms. The quantitative estimate of drug-likeness (QED) is 0.838. The van der Waals surface area contributed by atoms with Crippen LogP contribution in [0.15, 0.2) is 0 Å². The average molecular weight is 255 g/mol. The van der Waals surface area contributed by atoms with E-state index in [9.17, 15) is 4.79 Å². The third-order valence-electron chi connectivity index (χ3n) is 4.62. The highest BCUT2D eigenvalue weighted by molar-refractivity contribution is 5.75. The van der Waals surface area contributed by atoms with Crippen LogP contribution in [-0.2, 0) is 0 Å². The molecule has 0 radical (unpaired) electrons. The molecule has 1 heterocycles. The molecule has 1 atom stereocenters. The van der Waals surface area contributed by atoms with Gasteiger partial charge in [-0.3, -0.25) is 0 Å². The van der Waals surface area contributed by atoms with Gasteiger partial charge in [-0.2, -0.15) is 0 Å². The molecule has 0 spiro atoms. The van der Waals surface area contributed by atoms with E-state index in [1.165, 1.54) is 6.42 Å². The summed E-state index contributed by atoms with van der Waals surface area (Å²) in [4.78, 5) is 16.4. The number of hydrogen-bond donors (Lipinski definition) is 1. The molecule has 1 aliphatic heterocycles. The van der Waals surface area contributed by atoms with Crippen LogP contribution in [0.2, 0.25) is 0 Å². The van der Waals surface area contributed by atoms with E-state index in [4.69, 9.17) is 5.73 Å². The number of nitrogens with zero attached hydrogens (tertiary/aromatic N) is 2. The van der Waals surface area contributed by atoms with Crippen molar-refractivity contribution in [1.29, 1.82) is 0 Å². The van der Waals surface area contributed by atoms with E-state index in [2.05, 4.69) is 20.8 Å². The smallest absolute Gasteiger partial charge is 0.320 e. The van der Waals surface area contributed by atoms with Gasteiger partial charge in [0.2, 0.25) is 0 Å². The number of carbonyl (C=O) groups excluding carboxylic acids is 1. The molecule has 0 aliphatic carbocycles. The van der Waals surface area contributed by atoms with E-state index in [1.807, 2.05) is 16.8 Å². The summed E-state index contributed by atoms with van der Waals surface area (Å²) >= 11 is 0. The highest BCUT2D eigenvalue weighted by atomic mass is 16.2. The van der Waals surface area contributed by atoms with Crippen LogP contribution >= 0.6 is 0 Å². The van der Waals surface area contributed by atoms with Crippen molar-refractivity contribution in [3.63, 3.8) is 0 Å². The standard InChI is InChI=1S/C14H29N3O/c1-5-14(6-2,11-15)16(4)13(18)17-9-7-8-12(3)10-17/h12H,5-11,15H2,1-4H3. The van der Waals surface area contributed by atoms with Gasteiger partial charge in [0.15, 0.2) is 0 Å². The van der Waals surface area contributed by atoms with Crippen molar-refractivity contribution in [1.82, 2.24) is 9.80 Å². The first-order valence-electron chi connectivity index (χ1n) is 7.23. The Morgan fingerprint density at radius 1 is 1.44 bits per heavy atom. The molecule has 2 amide bonds. The van der Waals surface area contributed by atoms with Crippen LogP contribution in [0.5, 0.6) is 0 Å². The largest absolute Gasteiger partial charge is 0.328 e. The van der Waals surface area contributed by atoms with Crippen LogP contribution in [0.1, 0.15) is 46.5 Å². The number of piperidine rings is 1. The maximum atomic E-state index is 12.6. The Kier molecular flexibility index (Phi) is 5.45. The van der Waals surface area contributed by atoms with Gasteiger partial charge in [-0.15, -0.1) is 0 Å². The maximum absolute atomic E-state index is 12.6. The summed E-state index contributed by atoms with van der Waals surface area (Å²) in [5.74, 6) is 0.617. The van der Waals surface area contributed by atoms with Crippen LogP contribution in [0, 0.1) is 5.92 Å². The van der Waals surface area contributed by atoms with Crippen LogP contribution in [0.25, 0.3) is 0 Å². The summed E-state index contributed by atoms with van der Waals surface area (Å²) in [6.07, 6.45) is 4.17. The third-order valence-corrected chi connectivity index (χ3v) is 4.62. The lowest BCUT2D eigenvalue weighted by Crippen LogP contribution is -2.58. The second kappa shape index (κ2) is 6.41. The predicted molar refractivity (Wildman–Crippen MR) is 75.5 cm³/mol. The van der Waals surface area contributed by atoms with Gasteiger partial charge in [0.1, 0.15) is 0 Å². The molecule has 2 N–H and O–H groups in total. The summed E-state index contributed by atoms with van der Waals surface area (Å²) in [7, 11) is 1.90. The lowest BCUT2D eigenvalue weighted by Gasteiger charge is -2.43. The first-order valence-corrected chi connectivity index (χ1v) is 7.23. The van der Waals surface area contributed by atoms with Crippen molar-refractivity contribution in [2.75, 3.05) is 26.7 Å². The molecular formula is C14H29N3O. The summed E-state index contributed by atoms with van der Waals surface area (Å²) < 4.78 is 0. The Morgan fingerprint density at radius 2 is 2.06 bits per heavy atom. The lowest BCUT2D eigenvalue weighted by atomic mass is 9.91. The fourth-order valence-corrected chi connectivity index (χ4v) is 2.93. The molecule has 0 aromatic rings. The zero-order valence-corrected chi connectivity index (χ0v) is 12.4. The number of likely N-dealkylation sites (N-methyl/N-ethyl adjacent to an activating group) is 1. The van der Waals surface area contributed by atoms with E-state index >= 15 is 0 Å². The van der Waals surface area contributed by atoms with E-state index in [0.717, 1.165) is 32.4 Å². The lowest BCUT2D eigenvalue weighted by molar-refractivity contribution is 0.0872. The van der Waals surface area contributed by atoms with Crippen molar-refractivity contribution in [2.45, 2.75) is 52.0 Å². The molecule has 0 aromatic heterocycles. The number of urea groups is 1. The van der Waals surface area contributed by atoms with Gasteiger partial charge >= 0.3 is 6.03 Å². The minimum atomic E-state index is -0.183. The van der Waals surface area contributed by atoms with E-state index in [1.54, 1.807) is 0 Å². The molecule has 4 heteroatoms. The van der Waals surface area contributed by atoms with E-state index < -0.39 is 0 Å². The predicted octanol–water partition coefficient (Wildman–Crippen LogP) is 2.29. The number of rotatable bonds is 4. The fraction of sp³-hybridized carbons (Fsp3) is 0.929. The fourth-order valence-electron chi connectivity index (χ4n) is 2.93. The molecule has 4 nitrogen and oxygen atoms in total. The molecule has 1 unspecified atom stereocenters. The van der Waals surface area contributed by atoms with Crippen molar-refractivity contribution >= 4 is 6.03 Å². The molecule has 0 saturated carbocycles. The van der Waals surface area contributed by atoms with Crippen molar-refractivity contribution in [2.24, 2.45) is 11.7 Å². The topological polar surface area (TPSA) is 49.6 Å².